The molecule has 0 atom stereocenters. The number of hydrogen-bond donors (Lipinski definition) is 0. The highest BCUT2D eigenvalue weighted by molar-refractivity contribution is 7.90. The van der Waals surface area contributed by atoms with E-state index < -0.39 is 9.84 Å². The molecule has 1 saturated heterocycles. The van der Waals surface area contributed by atoms with Crippen LogP contribution in [0, 0.1) is 5.92 Å². The maximum absolute atomic E-state index is 13.2. The smallest absolute Gasteiger partial charge is 0.228 e. The van der Waals surface area contributed by atoms with E-state index in [1.807, 2.05) is 32.0 Å². The normalized spacial score (nSPS) is 15.1. The molecule has 0 bridgehead atoms. The van der Waals surface area contributed by atoms with Crippen molar-refractivity contribution in [3.8, 4) is 0 Å². The summed E-state index contributed by atoms with van der Waals surface area (Å²) in [5, 5.41) is 0.00790. The van der Waals surface area contributed by atoms with Crippen molar-refractivity contribution in [2.75, 3.05) is 53.1 Å². The van der Waals surface area contributed by atoms with Gasteiger partial charge in [0.15, 0.2) is 0 Å². The predicted molar refractivity (Wildman–Crippen MR) is 129 cm³/mol. The molecule has 1 aromatic carbocycles. The molecule has 2 heterocycles. The van der Waals surface area contributed by atoms with Crippen LogP contribution in [0.2, 0.25) is 0 Å². The number of nitrogens with zero attached hydrogens (tertiary/aromatic N) is 4. The fourth-order valence-corrected chi connectivity index (χ4v) is 5.48. The standard InChI is InChI=1S/C24H36N4O5S/c1-20(2)23(29)27(10-9-26-11-15-33-16-12-26)18-22-17-25-24(28(22)13-14-32-3)34(30,31)19-21-7-5-4-6-8-21/h4-8,17,20H,9-16,18-19H2,1-3H3. The van der Waals surface area contributed by atoms with Gasteiger partial charge in [-0.2, -0.15) is 0 Å². The molecule has 1 fully saturated rings. The monoisotopic (exact) mass is 492 g/mol. The van der Waals surface area contributed by atoms with E-state index in [1.54, 1.807) is 34.9 Å². The molecule has 1 amide bonds. The Morgan fingerprint density at radius 1 is 1.18 bits per heavy atom. The van der Waals surface area contributed by atoms with Crippen LogP contribution < -0.4 is 0 Å². The minimum absolute atomic E-state index is 0.00790. The lowest BCUT2D eigenvalue weighted by molar-refractivity contribution is -0.135. The van der Waals surface area contributed by atoms with Gasteiger partial charge in [-0.15, -0.1) is 0 Å². The molecular formula is C24H36N4O5S. The van der Waals surface area contributed by atoms with Gasteiger partial charge in [0, 0.05) is 45.8 Å². The highest BCUT2D eigenvalue weighted by Gasteiger charge is 2.26. The predicted octanol–water partition coefficient (Wildman–Crippen LogP) is 1.82. The number of imidazole rings is 1. The van der Waals surface area contributed by atoms with Crippen LogP contribution >= 0.6 is 0 Å². The first-order chi connectivity index (χ1) is 16.3. The Hall–Kier alpha value is -2.27. The number of sulfone groups is 1. The lowest BCUT2D eigenvalue weighted by atomic mass is 10.2. The van der Waals surface area contributed by atoms with Gasteiger partial charge in [0.25, 0.3) is 0 Å². The minimum atomic E-state index is -3.68. The molecule has 1 aromatic heterocycles. The summed E-state index contributed by atoms with van der Waals surface area (Å²) in [4.78, 5) is 21.4. The number of aromatic nitrogens is 2. The second-order valence-electron chi connectivity index (χ2n) is 8.79. The van der Waals surface area contributed by atoms with Gasteiger partial charge in [0.1, 0.15) is 0 Å². The van der Waals surface area contributed by atoms with Crippen LogP contribution in [0.25, 0.3) is 0 Å². The van der Waals surface area contributed by atoms with E-state index in [1.165, 1.54) is 0 Å². The Labute approximate surface area is 202 Å². The quantitative estimate of drug-likeness (QED) is 0.446. The first-order valence-electron chi connectivity index (χ1n) is 11.7. The summed E-state index contributed by atoms with van der Waals surface area (Å²) in [5.74, 6) is -0.272. The van der Waals surface area contributed by atoms with Crippen LogP contribution in [0.4, 0.5) is 0 Å². The van der Waals surface area contributed by atoms with E-state index in [4.69, 9.17) is 9.47 Å². The van der Waals surface area contributed by atoms with Crippen molar-refractivity contribution in [1.29, 1.82) is 0 Å². The maximum atomic E-state index is 13.2. The van der Waals surface area contributed by atoms with Crippen LogP contribution in [-0.4, -0.2) is 86.8 Å². The van der Waals surface area contributed by atoms with Gasteiger partial charge in [0.2, 0.25) is 20.9 Å². The summed E-state index contributed by atoms with van der Waals surface area (Å²) in [5.41, 5.74) is 1.38. The van der Waals surface area contributed by atoms with Gasteiger partial charge in [-0.05, 0) is 5.56 Å². The van der Waals surface area contributed by atoms with Crippen molar-refractivity contribution in [2.45, 2.75) is 37.8 Å². The Kier molecular flexibility index (Phi) is 9.63. The largest absolute Gasteiger partial charge is 0.383 e. The van der Waals surface area contributed by atoms with Crippen molar-refractivity contribution in [3.63, 3.8) is 0 Å². The molecular weight excluding hydrogens is 456 g/mol. The Morgan fingerprint density at radius 2 is 1.88 bits per heavy atom. The Balaban J connectivity index is 1.83. The van der Waals surface area contributed by atoms with Crippen LogP contribution in [0.15, 0.2) is 41.7 Å². The average molecular weight is 493 g/mol. The SMILES string of the molecule is COCCn1c(CN(CCN2CCOCC2)C(=O)C(C)C)cnc1S(=O)(=O)Cc1ccccc1. The summed E-state index contributed by atoms with van der Waals surface area (Å²) in [6.07, 6.45) is 1.57. The fraction of sp³-hybridized carbons (Fsp3) is 0.583. The highest BCUT2D eigenvalue weighted by Crippen LogP contribution is 2.19. The summed E-state index contributed by atoms with van der Waals surface area (Å²) in [7, 11) is -2.11. The summed E-state index contributed by atoms with van der Waals surface area (Å²) in [6.45, 7) is 9.10. The van der Waals surface area contributed by atoms with Crippen LogP contribution in [0.1, 0.15) is 25.1 Å². The number of amides is 1. The number of hydrogen-bond acceptors (Lipinski definition) is 7. The van der Waals surface area contributed by atoms with Gasteiger partial charge in [0.05, 0.1) is 44.0 Å². The highest BCUT2D eigenvalue weighted by atomic mass is 32.2. The first kappa shape index (κ1) is 26.3. The molecule has 10 heteroatoms. The summed E-state index contributed by atoms with van der Waals surface area (Å²) >= 11 is 0. The van der Waals surface area contributed by atoms with Gasteiger partial charge < -0.3 is 18.9 Å². The minimum Gasteiger partial charge on any atom is -0.383 e. The average Bonchev–Trinajstić information content (AvgIpc) is 3.24. The van der Waals surface area contributed by atoms with Crippen molar-refractivity contribution < 1.29 is 22.7 Å². The van der Waals surface area contributed by atoms with Gasteiger partial charge in [-0.25, -0.2) is 13.4 Å². The van der Waals surface area contributed by atoms with E-state index >= 15 is 0 Å². The molecule has 2 aromatic rings. The molecule has 0 radical (unpaired) electrons. The van der Waals surface area contributed by atoms with E-state index in [0.29, 0.717) is 50.7 Å². The zero-order valence-corrected chi connectivity index (χ0v) is 21.2. The molecule has 3 rings (SSSR count). The van der Waals surface area contributed by atoms with E-state index in [9.17, 15) is 13.2 Å². The molecule has 0 N–H and O–H groups in total. The topological polar surface area (TPSA) is 94.0 Å². The molecule has 0 unspecified atom stereocenters. The molecule has 9 nitrogen and oxygen atoms in total. The third-order valence-electron chi connectivity index (χ3n) is 5.85. The third kappa shape index (κ3) is 7.11. The van der Waals surface area contributed by atoms with Gasteiger partial charge in [-0.3, -0.25) is 9.69 Å². The van der Waals surface area contributed by atoms with E-state index in [-0.39, 0.29) is 22.7 Å². The molecule has 1 aliphatic heterocycles. The van der Waals surface area contributed by atoms with Crippen LogP contribution in [0.3, 0.4) is 0 Å². The van der Waals surface area contributed by atoms with Crippen LogP contribution in [0.5, 0.6) is 0 Å². The molecule has 1 aliphatic rings. The Bertz CT molecular complexity index is 1020. The Morgan fingerprint density at radius 3 is 2.53 bits per heavy atom. The second-order valence-corrected chi connectivity index (χ2v) is 10.7. The number of carbonyl (C=O) groups is 1. The van der Waals surface area contributed by atoms with E-state index in [0.717, 1.165) is 19.6 Å². The zero-order chi connectivity index (χ0) is 24.6. The molecule has 0 saturated carbocycles. The fourth-order valence-electron chi connectivity index (χ4n) is 3.96. The van der Waals surface area contributed by atoms with Gasteiger partial charge >= 0.3 is 0 Å². The molecule has 34 heavy (non-hydrogen) atoms. The van der Waals surface area contributed by atoms with E-state index in [2.05, 4.69) is 9.88 Å². The number of benzene rings is 1. The number of methoxy groups -OCH3 is 1. The lowest BCUT2D eigenvalue weighted by Crippen LogP contribution is -2.44. The number of morpholine rings is 1. The zero-order valence-electron chi connectivity index (χ0n) is 20.4. The summed E-state index contributed by atoms with van der Waals surface area (Å²) < 4.78 is 38.8. The molecule has 188 valence electrons. The maximum Gasteiger partial charge on any atom is 0.228 e. The second kappa shape index (κ2) is 12.4. The van der Waals surface area contributed by atoms with Crippen molar-refractivity contribution in [1.82, 2.24) is 19.4 Å². The van der Waals surface area contributed by atoms with Crippen molar-refractivity contribution in [3.05, 3.63) is 47.8 Å². The van der Waals surface area contributed by atoms with Gasteiger partial charge in [-0.1, -0.05) is 44.2 Å². The number of ether oxygens (including phenoxy) is 2. The van der Waals surface area contributed by atoms with Crippen molar-refractivity contribution >= 4 is 15.7 Å². The molecule has 0 aliphatic carbocycles. The first-order valence-corrected chi connectivity index (χ1v) is 13.4. The van der Waals surface area contributed by atoms with Crippen molar-refractivity contribution in [2.24, 2.45) is 5.92 Å². The molecule has 0 spiro atoms. The number of carbonyl (C=O) groups excluding carboxylic acids is 1. The summed E-state index contributed by atoms with van der Waals surface area (Å²) in [6, 6.07) is 9.06. The lowest BCUT2D eigenvalue weighted by Gasteiger charge is -2.31. The van der Waals surface area contributed by atoms with Crippen LogP contribution in [-0.2, 0) is 42.9 Å². The number of rotatable bonds is 12. The third-order valence-corrected chi connectivity index (χ3v) is 7.44.